The van der Waals surface area contributed by atoms with E-state index in [4.69, 9.17) is 14.2 Å². The van der Waals surface area contributed by atoms with E-state index in [1.165, 1.54) is 5.56 Å². The third-order valence-electron chi connectivity index (χ3n) is 10.4. The lowest BCUT2D eigenvalue weighted by atomic mass is 9.51. The molecule has 6 rings (SSSR count). The molecular formula is C30H38O5. The summed E-state index contributed by atoms with van der Waals surface area (Å²) in [6.45, 7) is 9.79. The van der Waals surface area contributed by atoms with Crippen LogP contribution in [0.3, 0.4) is 0 Å². The number of hydrogen-bond acceptors (Lipinski definition) is 5. The average Bonchev–Trinajstić information content (AvgIpc) is 3.34. The zero-order valence-corrected chi connectivity index (χ0v) is 21.5. The first-order valence-electron chi connectivity index (χ1n) is 13.4. The van der Waals surface area contributed by atoms with Crippen molar-refractivity contribution >= 4 is 11.8 Å². The van der Waals surface area contributed by atoms with Crippen molar-refractivity contribution in [2.75, 3.05) is 19.8 Å². The SMILES string of the molecule is CCOC(=O)C[C@@H]1C(=O)[C@@H]2[C@H](C13OCC(C)(C)CO3)[C@@]13C=C[C@]2(c2ccccc2)[C@@]1(C)CCCC3. The molecule has 0 radical (unpaired) electrons. The molecule has 0 unspecified atom stereocenters. The summed E-state index contributed by atoms with van der Waals surface area (Å²) in [5, 5.41) is 0. The Bertz CT molecular complexity index is 1070. The maximum absolute atomic E-state index is 14.6. The van der Waals surface area contributed by atoms with Crippen molar-refractivity contribution < 1.29 is 23.8 Å². The highest BCUT2D eigenvalue weighted by Crippen LogP contribution is 2.82. The summed E-state index contributed by atoms with van der Waals surface area (Å²) >= 11 is 0. The molecule has 1 heterocycles. The van der Waals surface area contributed by atoms with Crippen molar-refractivity contribution in [2.45, 2.75) is 71.0 Å². The molecular weight excluding hydrogens is 440 g/mol. The van der Waals surface area contributed by atoms with Gasteiger partial charge in [-0.25, -0.2) is 0 Å². The number of hydrogen-bond donors (Lipinski definition) is 0. The monoisotopic (exact) mass is 478 g/mol. The van der Waals surface area contributed by atoms with Gasteiger partial charge in [0, 0.05) is 28.1 Å². The highest BCUT2D eigenvalue weighted by molar-refractivity contribution is 5.94. The van der Waals surface area contributed by atoms with Gasteiger partial charge in [0.15, 0.2) is 5.79 Å². The van der Waals surface area contributed by atoms with Gasteiger partial charge in [-0.2, -0.15) is 0 Å². The topological polar surface area (TPSA) is 61.8 Å². The van der Waals surface area contributed by atoms with Crippen LogP contribution in [0.2, 0.25) is 0 Å². The Morgan fingerprint density at radius 2 is 1.71 bits per heavy atom. The molecule has 188 valence electrons. The highest BCUT2D eigenvalue weighted by Gasteiger charge is 2.85. The van der Waals surface area contributed by atoms with Crippen LogP contribution in [-0.2, 0) is 29.2 Å². The molecule has 1 aromatic rings. The number of fused-ring (bicyclic) bond motifs is 3. The van der Waals surface area contributed by atoms with Crippen molar-refractivity contribution in [1.29, 1.82) is 0 Å². The van der Waals surface area contributed by atoms with Crippen molar-refractivity contribution in [3.05, 3.63) is 48.0 Å². The number of carbonyl (C=O) groups excluding carboxylic acids is 2. The number of ketones is 1. The van der Waals surface area contributed by atoms with E-state index < -0.39 is 17.1 Å². The van der Waals surface area contributed by atoms with E-state index >= 15 is 0 Å². The first-order chi connectivity index (χ1) is 16.7. The van der Waals surface area contributed by atoms with Crippen molar-refractivity contribution in [3.63, 3.8) is 0 Å². The van der Waals surface area contributed by atoms with Gasteiger partial charge in [0.25, 0.3) is 0 Å². The smallest absolute Gasteiger partial charge is 0.306 e. The van der Waals surface area contributed by atoms with E-state index in [2.05, 4.69) is 57.2 Å². The van der Waals surface area contributed by atoms with Gasteiger partial charge >= 0.3 is 5.97 Å². The van der Waals surface area contributed by atoms with Gasteiger partial charge in [0.2, 0.25) is 0 Å². The van der Waals surface area contributed by atoms with E-state index in [1.807, 2.05) is 6.07 Å². The summed E-state index contributed by atoms with van der Waals surface area (Å²) < 4.78 is 18.8. The van der Waals surface area contributed by atoms with Crippen LogP contribution in [0.5, 0.6) is 0 Å². The van der Waals surface area contributed by atoms with E-state index in [0.29, 0.717) is 19.8 Å². The third-order valence-corrected chi connectivity index (χ3v) is 10.4. The minimum Gasteiger partial charge on any atom is -0.466 e. The zero-order valence-electron chi connectivity index (χ0n) is 21.5. The number of esters is 1. The minimum absolute atomic E-state index is 0.0117. The Morgan fingerprint density at radius 3 is 2.40 bits per heavy atom. The van der Waals surface area contributed by atoms with Crippen LogP contribution in [0.1, 0.15) is 65.4 Å². The van der Waals surface area contributed by atoms with E-state index in [-0.39, 0.29) is 46.3 Å². The van der Waals surface area contributed by atoms with Gasteiger partial charge in [-0.3, -0.25) is 9.59 Å². The molecule has 5 heteroatoms. The first kappa shape index (κ1) is 23.4. The first-order valence-corrected chi connectivity index (χ1v) is 13.4. The van der Waals surface area contributed by atoms with Gasteiger partial charge in [0.1, 0.15) is 5.78 Å². The van der Waals surface area contributed by atoms with E-state index in [0.717, 1.165) is 25.7 Å². The second-order valence-corrected chi connectivity index (χ2v) is 12.5. The number of allylic oxidation sites excluding steroid dienone is 2. The van der Waals surface area contributed by atoms with Crippen LogP contribution >= 0.6 is 0 Å². The summed E-state index contributed by atoms with van der Waals surface area (Å²) in [6.07, 6.45) is 9.18. The summed E-state index contributed by atoms with van der Waals surface area (Å²) in [6, 6.07) is 10.6. The predicted molar refractivity (Wildman–Crippen MR) is 131 cm³/mol. The Kier molecular flexibility index (Phi) is 5.03. The van der Waals surface area contributed by atoms with Crippen LogP contribution in [0, 0.1) is 34.0 Å². The molecule has 6 atom stereocenters. The quantitative estimate of drug-likeness (QED) is 0.438. The van der Waals surface area contributed by atoms with Crippen LogP contribution in [0.15, 0.2) is 42.5 Å². The minimum atomic E-state index is -1.09. The Balaban J connectivity index is 1.56. The van der Waals surface area contributed by atoms with Crippen molar-refractivity contribution in [1.82, 2.24) is 0 Å². The number of benzene rings is 1. The highest BCUT2D eigenvalue weighted by atomic mass is 16.7. The molecule has 2 bridgehead atoms. The predicted octanol–water partition coefficient (Wildman–Crippen LogP) is 5.23. The van der Waals surface area contributed by atoms with Crippen molar-refractivity contribution in [2.24, 2.45) is 34.0 Å². The maximum atomic E-state index is 14.6. The van der Waals surface area contributed by atoms with Gasteiger partial charge in [-0.05, 0) is 30.7 Å². The fraction of sp³-hybridized carbons (Fsp3) is 0.667. The lowest BCUT2D eigenvalue weighted by Gasteiger charge is -2.55. The molecule has 4 fully saturated rings. The molecule has 5 nitrogen and oxygen atoms in total. The standard InChI is InChI=1S/C30H38O5/c1-5-33-22(31)17-21-24(32)23-25(30(21)34-18-26(2,3)19-35-30)28-14-10-9-13-27(28,4)29(23,16-15-28)20-11-7-6-8-12-20/h6-8,11-12,15-16,21,23,25H,5,9-10,13-14,17-19H2,1-4H3/t21-,23-,25+,27+,28-,29-/m1/s1. The number of ether oxygens (including phenoxy) is 3. The molecule has 1 aliphatic heterocycles. The summed E-state index contributed by atoms with van der Waals surface area (Å²) in [5.41, 5.74) is 0.329. The lowest BCUT2D eigenvalue weighted by Crippen LogP contribution is -2.59. The van der Waals surface area contributed by atoms with E-state index in [1.54, 1.807) is 6.92 Å². The van der Waals surface area contributed by atoms with E-state index in [9.17, 15) is 9.59 Å². The summed E-state index contributed by atoms with van der Waals surface area (Å²) in [7, 11) is 0. The summed E-state index contributed by atoms with van der Waals surface area (Å²) in [5.74, 6) is -2.37. The number of Topliss-reactive ketones (excluding diaryl/α,β-unsaturated/α-hetero) is 1. The Labute approximate surface area is 208 Å². The summed E-state index contributed by atoms with van der Waals surface area (Å²) in [4.78, 5) is 27.4. The maximum Gasteiger partial charge on any atom is 0.306 e. The van der Waals surface area contributed by atoms with Crippen LogP contribution < -0.4 is 0 Å². The van der Waals surface area contributed by atoms with Gasteiger partial charge in [-0.1, -0.05) is 76.1 Å². The largest absolute Gasteiger partial charge is 0.466 e. The molecule has 0 N–H and O–H groups in total. The molecule has 0 aromatic heterocycles. The lowest BCUT2D eigenvalue weighted by molar-refractivity contribution is -0.344. The average molecular weight is 479 g/mol. The van der Waals surface area contributed by atoms with Gasteiger partial charge in [0.05, 0.1) is 32.2 Å². The van der Waals surface area contributed by atoms with Crippen LogP contribution in [0.4, 0.5) is 0 Å². The van der Waals surface area contributed by atoms with Crippen LogP contribution in [-0.4, -0.2) is 37.4 Å². The fourth-order valence-corrected chi connectivity index (χ4v) is 8.97. The molecule has 35 heavy (non-hydrogen) atoms. The third kappa shape index (κ3) is 2.72. The number of carbonyl (C=O) groups is 2. The second-order valence-electron chi connectivity index (χ2n) is 12.5. The normalized spacial score (nSPS) is 42.2. The molecule has 3 saturated carbocycles. The molecule has 5 aliphatic rings. The molecule has 1 aromatic carbocycles. The molecule has 1 spiro atoms. The Morgan fingerprint density at radius 1 is 1.03 bits per heavy atom. The molecule has 4 aliphatic carbocycles. The van der Waals surface area contributed by atoms with Gasteiger partial charge < -0.3 is 14.2 Å². The van der Waals surface area contributed by atoms with Gasteiger partial charge in [-0.15, -0.1) is 0 Å². The zero-order chi connectivity index (χ0) is 24.7. The fourth-order valence-electron chi connectivity index (χ4n) is 8.97. The molecule has 1 saturated heterocycles. The van der Waals surface area contributed by atoms with Crippen molar-refractivity contribution in [3.8, 4) is 0 Å². The second kappa shape index (κ2) is 7.52. The number of rotatable bonds is 4. The molecule has 0 amide bonds. The van der Waals surface area contributed by atoms with Crippen LogP contribution in [0.25, 0.3) is 0 Å². The Hall–Kier alpha value is -1.98.